The van der Waals surface area contributed by atoms with E-state index >= 15 is 0 Å². The maximum Gasteiger partial charge on any atom is 0.334 e. The van der Waals surface area contributed by atoms with Crippen molar-refractivity contribution in [2.75, 3.05) is 0 Å². The Balaban J connectivity index is 2.00. The van der Waals surface area contributed by atoms with E-state index in [1.54, 1.807) is 13.8 Å². The van der Waals surface area contributed by atoms with E-state index in [2.05, 4.69) is 6.58 Å². The summed E-state index contributed by atoms with van der Waals surface area (Å²) in [5, 5.41) is 21.9. The highest BCUT2D eigenvalue weighted by atomic mass is 16.6. The number of fused-ring (bicyclic) bond motifs is 5. The Labute approximate surface area is 172 Å². The van der Waals surface area contributed by atoms with E-state index in [0.717, 1.165) is 0 Å². The third-order valence-electron chi connectivity index (χ3n) is 7.19. The van der Waals surface area contributed by atoms with Crippen molar-refractivity contribution >= 4 is 11.9 Å². The van der Waals surface area contributed by atoms with Crippen LogP contribution in [0.25, 0.3) is 0 Å². The Hall–Kier alpha value is -1.44. The van der Waals surface area contributed by atoms with Crippen molar-refractivity contribution in [2.45, 2.75) is 108 Å². The third kappa shape index (κ3) is 4.37. The largest absolute Gasteiger partial charge is 0.459 e. The molecule has 164 valence electrons. The molecule has 0 unspecified atom stereocenters. The van der Waals surface area contributed by atoms with Crippen LogP contribution in [-0.4, -0.2) is 57.3 Å². The fraction of sp³-hybridized carbons (Fsp3) is 0.818. The van der Waals surface area contributed by atoms with Crippen molar-refractivity contribution in [2.24, 2.45) is 5.92 Å². The summed E-state index contributed by atoms with van der Waals surface area (Å²) in [6.07, 6.45) is 1.30. The molecular weight excluding hydrogens is 376 g/mol. The number of aliphatic hydroxyl groups is 2. The van der Waals surface area contributed by atoms with Crippen molar-refractivity contribution in [1.29, 1.82) is 0 Å². The smallest absolute Gasteiger partial charge is 0.334 e. The molecule has 3 rings (SSSR count). The monoisotopic (exact) mass is 410 g/mol. The average Bonchev–Trinajstić information content (AvgIpc) is 3.00. The van der Waals surface area contributed by atoms with Crippen LogP contribution in [0.4, 0.5) is 0 Å². The maximum absolute atomic E-state index is 12.7. The fourth-order valence-electron chi connectivity index (χ4n) is 4.94. The van der Waals surface area contributed by atoms with Crippen LogP contribution in [0.5, 0.6) is 0 Å². The van der Waals surface area contributed by atoms with Gasteiger partial charge in [0.15, 0.2) is 0 Å². The summed E-state index contributed by atoms with van der Waals surface area (Å²) in [6.45, 7) is 10.6. The number of carbonyl (C=O) groups excluding carboxylic acids is 2. The Morgan fingerprint density at radius 2 is 1.79 bits per heavy atom. The van der Waals surface area contributed by atoms with Gasteiger partial charge in [-0.2, -0.15) is 0 Å². The molecule has 3 fully saturated rings. The van der Waals surface area contributed by atoms with E-state index in [4.69, 9.17) is 14.2 Å². The maximum atomic E-state index is 12.7. The molecule has 3 aliphatic heterocycles. The molecule has 0 aromatic heterocycles. The van der Waals surface area contributed by atoms with Gasteiger partial charge in [-0.15, -0.1) is 0 Å². The number of esters is 2. The first kappa shape index (κ1) is 22.2. The van der Waals surface area contributed by atoms with E-state index in [0.29, 0.717) is 44.1 Å². The number of hydrogen-bond acceptors (Lipinski definition) is 7. The van der Waals surface area contributed by atoms with Crippen LogP contribution in [0.1, 0.15) is 72.6 Å². The van der Waals surface area contributed by atoms with Gasteiger partial charge in [-0.05, 0) is 71.6 Å². The van der Waals surface area contributed by atoms with E-state index in [1.165, 1.54) is 6.92 Å². The van der Waals surface area contributed by atoms with Gasteiger partial charge < -0.3 is 24.4 Å². The molecule has 4 bridgehead atoms. The molecule has 0 aromatic rings. The molecule has 3 aliphatic rings. The molecule has 2 N–H and O–H groups in total. The molecule has 7 nitrogen and oxygen atoms in total. The highest BCUT2D eigenvalue weighted by Crippen LogP contribution is 2.45. The molecule has 0 spiro atoms. The van der Waals surface area contributed by atoms with Crippen LogP contribution in [0.3, 0.4) is 0 Å². The van der Waals surface area contributed by atoms with Crippen LogP contribution in [0.2, 0.25) is 0 Å². The van der Waals surface area contributed by atoms with Gasteiger partial charge in [-0.25, -0.2) is 4.79 Å². The van der Waals surface area contributed by atoms with Crippen molar-refractivity contribution in [3.05, 3.63) is 12.2 Å². The van der Waals surface area contributed by atoms with Gasteiger partial charge in [0.05, 0.1) is 17.8 Å². The number of aliphatic hydroxyl groups excluding tert-OH is 1. The van der Waals surface area contributed by atoms with Crippen molar-refractivity contribution < 1.29 is 34.0 Å². The minimum absolute atomic E-state index is 0.249. The minimum Gasteiger partial charge on any atom is -0.459 e. The highest BCUT2D eigenvalue weighted by Gasteiger charge is 2.52. The van der Waals surface area contributed by atoms with Gasteiger partial charge in [0.2, 0.25) is 0 Å². The molecule has 7 heteroatoms. The quantitative estimate of drug-likeness (QED) is 0.505. The van der Waals surface area contributed by atoms with E-state index in [1.807, 2.05) is 6.92 Å². The first-order chi connectivity index (χ1) is 13.4. The summed E-state index contributed by atoms with van der Waals surface area (Å²) in [5.41, 5.74) is -2.65. The Bertz CT molecular complexity index is 687. The molecule has 0 aliphatic carbocycles. The van der Waals surface area contributed by atoms with Gasteiger partial charge in [-0.3, -0.25) is 4.79 Å². The lowest BCUT2D eigenvalue weighted by atomic mass is 9.79. The van der Waals surface area contributed by atoms with Crippen LogP contribution < -0.4 is 0 Å². The Morgan fingerprint density at radius 3 is 2.45 bits per heavy atom. The lowest BCUT2D eigenvalue weighted by Gasteiger charge is -2.38. The normalized spacial score (nSPS) is 46.1. The average molecular weight is 411 g/mol. The zero-order valence-corrected chi connectivity index (χ0v) is 17.9. The summed E-state index contributed by atoms with van der Waals surface area (Å²) in [4.78, 5) is 24.5. The first-order valence-electron chi connectivity index (χ1n) is 10.5. The van der Waals surface area contributed by atoms with Crippen LogP contribution in [-0.2, 0) is 23.8 Å². The molecule has 0 saturated carbocycles. The zero-order valence-electron chi connectivity index (χ0n) is 17.9. The number of rotatable bonds is 1. The summed E-state index contributed by atoms with van der Waals surface area (Å²) >= 11 is 0. The fourth-order valence-corrected chi connectivity index (χ4v) is 4.94. The second-order valence-corrected chi connectivity index (χ2v) is 9.67. The molecular formula is C22H34O7. The predicted octanol–water partition coefficient (Wildman–Crippen LogP) is 2.42. The van der Waals surface area contributed by atoms with Gasteiger partial charge in [0.1, 0.15) is 17.3 Å². The Morgan fingerprint density at radius 1 is 1.14 bits per heavy atom. The molecule has 7 atom stereocenters. The molecule has 29 heavy (non-hydrogen) atoms. The Kier molecular flexibility index (Phi) is 5.89. The van der Waals surface area contributed by atoms with Crippen LogP contribution >= 0.6 is 0 Å². The SMILES string of the molecule is C=C1C(=O)O[C@@]2(C)CC[C@H]1C[C@@H](OC(C)=O)[C@]1(C)CC[C@@H](O1)[C@@](C)(O)CC[C@@H]2O. The molecule has 3 saturated heterocycles. The summed E-state index contributed by atoms with van der Waals surface area (Å²) < 4.78 is 17.6. The highest BCUT2D eigenvalue weighted by molar-refractivity contribution is 5.89. The lowest BCUT2D eigenvalue weighted by Crippen LogP contribution is -2.48. The van der Waals surface area contributed by atoms with Crippen LogP contribution in [0.15, 0.2) is 12.2 Å². The van der Waals surface area contributed by atoms with E-state index < -0.39 is 47.1 Å². The summed E-state index contributed by atoms with van der Waals surface area (Å²) in [6, 6.07) is 0. The molecule has 3 heterocycles. The predicted molar refractivity (Wildman–Crippen MR) is 105 cm³/mol. The van der Waals surface area contributed by atoms with Crippen molar-refractivity contribution in [3.63, 3.8) is 0 Å². The molecule has 0 radical (unpaired) electrons. The van der Waals surface area contributed by atoms with Crippen LogP contribution in [0, 0.1) is 5.92 Å². The van der Waals surface area contributed by atoms with E-state index in [9.17, 15) is 19.8 Å². The standard InChI is InChI=1S/C22H34O7/c1-13-15-6-10-21(4,29-19(13)25)16(24)7-9-20(3,26)17-8-11-22(5,28-17)18(12-15)27-14(2)23/h15-18,24,26H,1,6-12H2,2-5H3/t15-,16-,17+,18+,20-,21-,22-/m0/s1. The lowest BCUT2D eigenvalue weighted by molar-refractivity contribution is -0.187. The summed E-state index contributed by atoms with van der Waals surface area (Å²) in [7, 11) is 0. The van der Waals surface area contributed by atoms with Gasteiger partial charge in [-0.1, -0.05) is 6.58 Å². The second kappa shape index (κ2) is 7.67. The van der Waals surface area contributed by atoms with Gasteiger partial charge in [0, 0.05) is 12.5 Å². The number of hydrogen-bond donors (Lipinski definition) is 2. The number of ether oxygens (including phenoxy) is 3. The van der Waals surface area contributed by atoms with Gasteiger partial charge >= 0.3 is 11.9 Å². The van der Waals surface area contributed by atoms with Gasteiger partial charge in [0.25, 0.3) is 0 Å². The van der Waals surface area contributed by atoms with Crippen molar-refractivity contribution in [3.8, 4) is 0 Å². The third-order valence-corrected chi connectivity index (χ3v) is 7.19. The number of carbonyl (C=O) groups is 2. The first-order valence-corrected chi connectivity index (χ1v) is 10.5. The summed E-state index contributed by atoms with van der Waals surface area (Å²) in [5.74, 6) is -1.20. The molecule has 0 aromatic carbocycles. The minimum atomic E-state index is -1.16. The van der Waals surface area contributed by atoms with Crippen molar-refractivity contribution in [1.82, 2.24) is 0 Å². The molecule has 0 amide bonds. The van der Waals surface area contributed by atoms with E-state index in [-0.39, 0.29) is 12.3 Å². The topological polar surface area (TPSA) is 102 Å². The zero-order chi connectivity index (χ0) is 21.6. The second-order valence-electron chi connectivity index (χ2n) is 9.67.